The quantitative estimate of drug-likeness (QED) is 0.686. The van der Waals surface area contributed by atoms with Gasteiger partial charge in [0.15, 0.2) is 0 Å². The Labute approximate surface area is 154 Å². The van der Waals surface area contributed by atoms with Crippen LogP contribution in [0.25, 0.3) is 11.4 Å². The van der Waals surface area contributed by atoms with Crippen LogP contribution in [-0.4, -0.2) is 22.6 Å². The second-order valence-electron chi connectivity index (χ2n) is 6.33. The normalized spacial score (nSPS) is 17.1. The maximum absolute atomic E-state index is 13.4. The summed E-state index contributed by atoms with van der Waals surface area (Å²) in [4.78, 5) is 18.4. The van der Waals surface area contributed by atoms with Gasteiger partial charge in [0.2, 0.25) is 17.6 Å². The highest BCUT2D eigenvalue weighted by molar-refractivity contribution is 6.34. The molecule has 132 valence electrons. The molecule has 1 amide bonds. The molecule has 0 radical (unpaired) electrons. The van der Waals surface area contributed by atoms with E-state index in [2.05, 4.69) is 10.1 Å². The summed E-state index contributed by atoms with van der Waals surface area (Å²) in [5.74, 6) is 0.0214. The average Bonchev–Trinajstić information content (AvgIpc) is 3.22. The topological polar surface area (TPSA) is 59.2 Å². The van der Waals surface area contributed by atoms with Crippen LogP contribution in [0.2, 0.25) is 5.02 Å². The van der Waals surface area contributed by atoms with E-state index < -0.39 is 0 Å². The summed E-state index contributed by atoms with van der Waals surface area (Å²) in [6.45, 7) is 2.35. The van der Waals surface area contributed by atoms with E-state index in [1.807, 2.05) is 25.1 Å². The average molecular weight is 372 g/mol. The summed E-state index contributed by atoms with van der Waals surface area (Å²) in [6, 6.07) is 11.6. The zero-order chi connectivity index (χ0) is 18.3. The molecule has 0 bridgehead atoms. The number of nitrogens with zero attached hydrogens (tertiary/aromatic N) is 3. The van der Waals surface area contributed by atoms with E-state index in [1.54, 1.807) is 17.0 Å². The van der Waals surface area contributed by atoms with Crippen molar-refractivity contribution < 1.29 is 13.7 Å². The SMILES string of the molecule is Cc1ccc(N2CC(c3nc(-c4cccc(F)c4)no3)CC2=O)c(Cl)c1. The van der Waals surface area contributed by atoms with E-state index in [1.165, 1.54) is 12.1 Å². The highest BCUT2D eigenvalue weighted by Gasteiger charge is 2.36. The summed E-state index contributed by atoms with van der Waals surface area (Å²) in [6.07, 6.45) is 0.259. The minimum atomic E-state index is -0.370. The highest BCUT2D eigenvalue weighted by atomic mass is 35.5. The third-order valence-corrected chi connectivity index (χ3v) is 4.70. The molecule has 0 saturated carbocycles. The monoisotopic (exact) mass is 371 g/mol. The number of carbonyl (C=O) groups is 1. The number of aromatic nitrogens is 2. The number of amides is 1. The van der Waals surface area contributed by atoms with Crippen molar-refractivity contribution in [2.24, 2.45) is 0 Å². The van der Waals surface area contributed by atoms with Gasteiger partial charge in [0, 0.05) is 18.5 Å². The van der Waals surface area contributed by atoms with E-state index in [9.17, 15) is 9.18 Å². The Bertz CT molecular complexity index is 988. The number of rotatable bonds is 3. The van der Waals surface area contributed by atoms with Gasteiger partial charge in [-0.25, -0.2) is 4.39 Å². The molecular weight excluding hydrogens is 357 g/mol. The van der Waals surface area contributed by atoms with Gasteiger partial charge < -0.3 is 9.42 Å². The maximum Gasteiger partial charge on any atom is 0.232 e. The van der Waals surface area contributed by atoms with Crippen molar-refractivity contribution in [3.05, 3.63) is 64.8 Å². The van der Waals surface area contributed by atoms with Gasteiger partial charge in [-0.3, -0.25) is 4.79 Å². The predicted octanol–water partition coefficient (Wildman–Crippen LogP) is 4.36. The molecule has 0 spiro atoms. The van der Waals surface area contributed by atoms with Gasteiger partial charge in [0.1, 0.15) is 5.82 Å². The molecule has 1 saturated heterocycles. The van der Waals surface area contributed by atoms with Crippen LogP contribution in [0.1, 0.15) is 23.8 Å². The second-order valence-corrected chi connectivity index (χ2v) is 6.73. The summed E-state index contributed by atoms with van der Waals surface area (Å²) < 4.78 is 18.7. The van der Waals surface area contributed by atoms with Gasteiger partial charge in [-0.2, -0.15) is 4.98 Å². The van der Waals surface area contributed by atoms with E-state index in [0.717, 1.165) is 5.56 Å². The summed E-state index contributed by atoms with van der Waals surface area (Å²) in [5, 5.41) is 4.45. The lowest BCUT2D eigenvalue weighted by Gasteiger charge is -2.18. The minimum Gasteiger partial charge on any atom is -0.339 e. The number of hydrogen-bond donors (Lipinski definition) is 0. The molecule has 5 nitrogen and oxygen atoms in total. The van der Waals surface area contributed by atoms with E-state index >= 15 is 0 Å². The Morgan fingerprint density at radius 1 is 1.27 bits per heavy atom. The van der Waals surface area contributed by atoms with Crippen LogP contribution < -0.4 is 4.90 Å². The fourth-order valence-corrected chi connectivity index (χ4v) is 3.42. The molecule has 7 heteroatoms. The molecule has 1 atom stereocenters. The second kappa shape index (κ2) is 6.53. The first-order chi connectivity index (χ1) is 12.5. The molecule has 0 aliphatic carbocycles. The first-order valence-corrected chi connectivity index (χ1v) is 8.55. The Kier molecular flexibility index (Phi) is 4.20. The standard InChI is InChI=1S/C19H15ClFN3O2/c1-11-5-6-16(15(20)7-11)24-10-13(9-17(24)25)19-22-18(23-26-19)12-3-2-4-14(21)8-12/h2-8,13H,9-10H2,1H3. The first kappa shape index (κ1) is 16.7. The van der Waals surface area contributed by atoms with Gasteiger partial charge in [0.05, 0.1) is 16.6 Å². The Balaban J connectivity index is 1.58. The van der Waals surface area contributed by atoms with Crippen LogP contribution in [0, 0.1) is 12.7 Å². The lowest BCUT2D eigenvalue weighted by Crippen LogP contribution is -2.24. The molecule has 26 heavy (non-hydrogen) atoms. The molecule has 3 aromatic rings. The Morgan fingerprint density at radius 2 is 2.12 bits per heavy atom. The van der Waals surface area contributed by atoms with E-state index in [-0.39, 0.29) is 24.1 Å². The Morgan fingerprint density at radius 3 is 2.88 bits per heavy atom. The van der Waals surface area contributed by atoms with E-state index in [4.69, 9.17) is 16.1 Å². The van der Waals surface area contributed by atoms with Crippen LogP contribution in [0.5, 0.6) is 0 Å². The smallest absolute Gasteiger partial charge is 0.232 e. The van der Waals surface area contributed by atoms with Crippen LogP contribution in [0.3, 0.4) is 0 Å². The van der Waals surface area contributed by atoms with Gasteiger partial charge >= 0.3 is 0 Å². The third kappa shape index (κ3) is 3.08. The summed E-state index contributed by atoms with van der Waals surface area (Å²) >= 11 is 6.29. The number of anilines is 1. The molecule has 1 aliphatic heterocycles. The molecular formula is C19H15ClFN3O2. The zero-order valence-corrected chi connectivity index (χ0v) is 14.7. The predicted molar refractivity (Wildman–Crippen MR) is 95.6 cm³/mol. The van der Waals surface area contributed by atoms with Crippen molar-refractivity contribution in [3.63, 3.8) is 0 Å². The van der Waals surface area contributed by atoms with Gasteiger partial charge in [0.25, 0.3) is 0 Å². The lowest BCUT2D eigenvalue weighted by atomic mass is 10.1. The fraction of sp³-hybridized carbons (Fsp3) is 0.211. The fourth-order valence-electron chi connectivity index (χ4n) is 3.08. The van der Waals surface area contributed by atoms with Crippen molar-refractivity contribution in [3.8, 4) is 11.4 Å². The molecule has 2 aromatic carbocycles. The van der Waals surface area contributed by atoms with Crippen LogP contribution in [0.15, 0.2) is 47.0 Å². The molecule has 1 aliphatic rings. The molecule has 1 fully saturated rings. The largest absolute Gasteiger partial charge is 0.339 e. The zero-order valence-electron chi connectivity index (χ0n) is 13.9. The van der Waals surface area contributed by atoms with Crippen LogP contribution in [-0.2, 0) is 4.79 Å². The maximum atomic E-state index is 13.4. The number of hydrogen-bond acceptors (Lipinski definition) is 4. The van der Waals surface area contributed by atoms with Crippen LogP contribution in [0.4, 0.5) is 10.1 Å². The number of aryl methyl sites for hydroxylation is 1. The van der Waals surface area contributed by atoms with Crippen molar-refractivity contribution in [1.82, 2.24) is 10.1 Å². The van der Waals surface area contributed by atoms with Crippen molar-refractivity contribution in [2.75, 3.05) is 11.4 Å². The summed E-state index contributed by atoms with van der Waals surface area (Å²) in [5.41, 5.74) is 2.23. The Hall–Kier alpha value is -2.73. The lowest BCUT2D eigenvalue weighted by molar-refractivity contribution is -0.117. The molecule has 4 rings (SSSR count). The van der Waals surface area contributed by atoms with Gasteiger partial charge in [-0.15, -0.1) is 0 Å². The van der Waals surface area contributed by atoms with Crippen LogP contribution >= 0.6 is 11.6 Å². The highest BCUT2D eigenvalue weighted by Crippen LogP contribution is 2.35. The molecule has 1 aromatic heterocycles. The van der Waals surface area contributed by atoms with Crippen molar-refractivity contribution in [1.29, 1.82) is 0 Å². The number of halogens is 2. The first-order valence-electron chi connectivity index (χ1n) is 8.17. The van der Waals surface area contributed by atoms with E-state index in [0.29, 0.717) is 34.5 Å². The third-order valence-electron chi connectivity index (χ3n) is 4.39. The number of benzene rings is 2. The van der Waals surface area contributed by atoms with Crippen molar-refractivity contribution in [2.45, 2.75) is 19.3 Å². The molecule has 1 unspecified atom stereocenters. The number of carbonyl (C=O) groups excluding carboxylic acids is 1. The molecule has 0 N–H and O–H groups in total. The van der Waals surface area contributed by atoms with Gasteiger partial charge in [-0.05, 0) is 36.8 Å². The minimum absolute atomic E-state index is 0.0498. The summed E-state index contributed by atoms with van der Waals surface area (Å²) in [7, 11) is 0. The van der Waals surface area contributed by atoms with Crippen molar-refractivity contribution >= 4 is 23.2 Å². The van der Waals surface area contributed by atoms with Gasteiger partial charge in [-0.1, -0.05) is 35.0 Å². The molecule has 2 heterocycles.